The van der Waals surface area contributed by atoms with Crippen LogP contribution in [0.2, 0.25) is 0 Å². The van der Waals surface area contributed by atoms with Crippen LogP contribution in [-0.4, -0.2) is 53.1 Å². The van der Waals surface area contributed by atoms with E-state index in [0.717, 1.165) is 16.7 Å². The number of rotatable bonds is 10. The summed E-state index contributed by atoms with van der Waals surface area (Å²) in [5.74, 6) is -0.706. The lowest BCUT2D eigenvalue weighted by molar-refractivity contribution is 0.0797. The summed E-state index contributed by atoms with van der Waals surface area (Å²) in [6.07, 6.45) is 1.41. The van der Waals surface area contributed by atoms with Crippen LogP contribution in [0.3, 0.4) is 0 Å². The third kappa shape index (κ3) is 7.10. The van der Waals surface area contributed by atoms with E-state index in [-0.39, 0.29) is 17.0 Å². The van der Waals surface area contributed by atoms with Crippen molar-refractivity contribution in [3.8, 4) is 11.1 Å². The van der Waals surface area contributed by atoms with E-state index in [2.05, 4.69) is 9.71 Å². The lowest BCUT2D eigenvalue weighted by Gasteiger charge is -2.28. The highest BCUT2D eigenvalue weighted by Crippen LogP contribution is 2.23. The van der Waals surface area contributed by atoms with Crippen molar-refractivity contribution in [3.63, 3.8) is 0 Å². The van der Waals surface area contributed by atoms with Gasteiger partial charge in [0, 0.05) is 29.6 Å². The van der Waals surface area contributed by atoms with Gasteiger partial charge in [-0.05, 0) is 60.4 Å². The van der Waals surface area contributed by atoms with Crippen LogP contribution < -0.4 is 4.72 Å². The highest BCUT2D eigenvalue weighted by atomic mass is 32.2. The van der Waals surface area contributed by atoms with Crippen LogP contribution in [-0.2, 0) is 16.4 Å². The van der Waals surface area contributed by atoms with Crippen molar-refractivity contribution < 1.29 is 28.2 Å². The Morgan fingerprint density at radius 3 is 2.10 bits per heavy atom. The van der Waals surface area contributed by atoms with Crippen LogP contribution in [0.25, 0.3) is 11.1 Å². The van der Waals surface area contributed by atoms with Crippen molar-refractivity contribution in [2.75, 3.05) is 6.54 Å². The first-order chi connectivity index (χ1) is 19.1. The van der Waals surface area contributed by atoms with Gasteiger partial charge in [0.1, 0.15) is 0 Å². The molecule has 40 heavy (non-hydrogen) atoms. The largest absolute Gasteiger partial charge is 0.465 e. The smallest absolute Gasteiger partial charge is 0.407 e. The van der Waals surface area contributed by atoms with Gasteiger partial charge in [-0.1, -0.05) is 60.7 Å². The predicted octanol–water partition coefficient (Wildman–Crippen LogP) is 4.51. The third-order valence-corrected chi connectivity index (χ3v) is 7.81. The molecule has 0 saturated heterocycles. The van der Waals surface area contributed by atoms with E-state index in [1.165, 1.54) is 35.4 Å². The van der Waals surface area contributed by atoms with Crippen LogP contribution in [0, 0.1) is 0 Å². The Balaban J connectivity index is 1.40. The van der Waals surface area contributed by atoms with Crippen molar-refractivity contribution in [1.82, 2.24) is 14.6 Å². The molecule has 0 aliphatic rings. The molecule has 4 rings (SSSR count). The van der Waals surface area contributed by atoms with E-state index in [1.54, 1.807) is 55.6 Å². The standard InChI is InChI=1S/C30H29N3O6S/c1-21(33(30(36)37)20-28(34)26-8-5-17-31-19-26)18-22-9-11-23(12-10-22)24-13-15-27(16-14-24)40(38,39)32-29(35)25-6-3-2-4-7-25/h2-17,19,21,28,34H,18,20H2,1H3,(H,32,35)(H,36,37)/t21-,28+/m1/s1. The lowest BCUT2D eigenvalue weighted by atomic mass is 10.0. The number of carbonyl (C=O) groups is 2. The summed E-state index contributed by atoms with van der Waals surface area (Å²) in [6.45, 7) is 1.70. The van der Waals surface area contributed by atoms with E-state index in [1.807, 2.05) is 24.3 Å². The summed E-state index contributed by atoms with van der Waals surface area (Å²) in [6, 6.07) is 24.8. The maximum absolute atomic E-state index is 12.7. The third-order valence-electron chi connectivity index (χ3n) is 6.46. The molecular weight excluding hydrogens is 530 g/mol. The van der Waals surface area contributed by atoms with Gasteiger partial charge in [-0.2, -0.15) is 0 Å². The second-order valence-corrected chi connectivity index (χ2v) is 11.0. The normalized spacial score (nSPS) is 12.8. The van der Waals surface area contributed by atoms with Crippen LogP contribution in [0.4, 0.5) is 4.79 Å². The molecule has 206 valence electrons. The van der Waals surface area contributed by atoms with Gasteiger partial charge in [-0.15, -0.1) is 0 Å². The first kappa shape index (κ1) is 28.5. The second-order valence-electron chi connectivity index (χ2n) is 9.31. The van der Waals surface area contributed by atoms with Gasteiger partial charge >= 0.3 is 6.09 Å². The van der Waals surface area contributed by atoms with Crippen molar-refractivity contribution >= 4 is 22.0 Å². The van der Waals surface area contributed by atoms with Crippen molar-refractivity contribution in [2.24, 2.45) is 0 Å². The van der Waals surface area contributed by atoms with Gasteiger partial charge < -0.3 is 15.1 Å². The maximum Gasteiger partial charge on any atom is 0.407 e. The SMILES string of the molecule is C[C@H](Cc1ccc(-c2ccc(S(=O)(=O)NC(=O)c3ccccc3)cc2)cc1)N(C[C@H](O)c1cccnc1)C(=O)O. The summed E-state index contributed by atoms with van der Waals surface area (Å²) in [7, 11) is -4.04. The highest BCUT2D eigenvalue weighted by molar-refractivity contribution is 7.90. The number of aliphatic hydroxyl groups is 1. The number of carbonyl (C=O) groups excluding carboxylic acids is 1. The van der Waals surface area contributed by atoms with Crippen molar-refractivity contribution in [3.05, 3.63) is 120 Å². The molecule has 10 heteroatoms. The quantitative estimate of drug-likeness (QED) is 0.260. The Morgan fingerprint density at radius 1 is 0.900 bits per heavy atom. The molecule has 2 amide bonds. The molecule has 3 aromatic carbocycles. The zero-order chi connectivity index (χ0) is 28.7. The van der Waals surface area contributed by atoms with Crippen LogP contribution >= 0.6 is 0 Å². The zero-order valence-corrected chi connectivity index (χ0v) is 22.5. The number of pyridine rings is 1. The molecule has 0 aliphatic carbocycles. The number of nitrogens with zero attached hydrogens (tertiary/aromatic N) is 2. The minimum atomic E-state index is -4.04. The molecule has 0 bridgehead atoms. The summed E-state index contributed by atoms with van der Waals surface area (Å²) in [5, 5.41) is 20.2. The van der Waals surface area contributed by atoms with Crippen LogP contribution in [0.1, 0.15) is 34.5 Å². The molecule has 0 saturated carbocycles. The molecular formula is C30H29N3O6S. The summed E-state index contributed by atoms with van der Waals surface area (Å²) < 4.78 is 27.4. The minimum absolute atomic E-state index is 0.0341. The van der Waals surface area contributed by atoms with E-state index in [9.17, 15) is 28.2 Å². The minimum Gasteiger partial charge on any atom is -0.465 e. The molecule has 0 spiro atoms. The monoisotopic (exact) mass is 559 g/mol. The number of nitrogens with one attached hydrogen (secondary N) is 1. The average molecular weight is 560 g/mol. The molecule has 0 fully saturated rings. The van der Waals surface area contributed by atoms with Gasteiger partial charge in [0.15, 0.2) is 0 Å². The number of amides is 2. The Bertz CT molecular complexity index is 1550. The molecule has 2 atom stereocenters. The fraction of sp³-hybridized carbons (Fsp3) is 0.167. The highest BCUT2D eigenvalue weighted by Gasteiger charge is 2.24. The van der Waals surface area contributed by atoms with Crippen LogP contribution in [0.15, 0.2) is 108 Å². The predicted molar refractivity (Wildman–Crippen MR) is 150 cm³/mol. The van der Waals surface area contributed by atoms with E-state index >= 15 is 0 Å². The summed E-state index contributed by atoms with van der Waals surface area (Å²) in [4.78, 5) is 29.3. The fourth-order valence-electron chi connectivity index (χ4n) is 4.25. The Labute approximate surface area is 232 Å². The lowest BCUT2D eigenvalue weighted by Crippen LogP contribution is -2.41. The number of aliphatic hydroxyl groups excluding tert-OH is 1. The van der Waals surface area contributed by atoms with E-state index in [0.29, 0.717) is 12.0 Å². The molecule has 9 nitrogen and oxygen atoms in total. The number of hydrogen-bond donors (Lipinski definition) is 3. The first-order valence-corrected chi connectivity index (χ1v) is 14.0. The summed E-state index contributed by atoms with van der Waals surface area (Å²) >= 11 is 0. The van der Waals surface area contributed by atoms with Crippen molar-refractivity contribution in [2.45, 2.75) is 30.4 Å². The molecule has 3 N–H and O–H groups in total. The molecule has 0 aliphatic heterocycles. The average Bonchev–Trinajstić information content (AvgIpc) is 2.96. The van der Waals surface area contributed by atoms with Gasteiger partial charge in [-0.3, -0.25) is 9.78 Å². The Kier molecular flexibility index (Phi) is 8.93. The molecule has 1 heterocycles. The molecule has 0 unspecified atom stereocenters. The molecule has 0 radical (unpaired) electrons. The zero-order valence-electron chi connectivity index (χ0n) is 21.7. The number of sulfonamides is 1. The van der Waals surface area contributed by atoms with E-state index < -0.39 is 34.2 Å². The topological polar surface area (TPSA) is 137 Å². The van der Waals surface area contributed by atoms with Gasteiger partial charge in [0.2, 0.25) is 0 Å². The second kappa shape index (κ2) is 12.5. The number of benzene rings is 3. The number of hydrogen-bond acceptors (Lipinski definition) is 6. The van der Waals surface area contributed by atoms with Crippen molar-refractivity contribution in [1.29, 1.82) is 0 Å². The Morgan fingerprint density at radius 2 is 1.52 bits per heavy atom. The number of carboxylic acid groups (broad SMARTS) is 1. The maximum atomic E-state index is 12.7. The fourth-order valence-corrected chi connectivity index (χ4v) is 5.23. The molecule has 4 aromatic rings. The summed E-state index contributed by atoms with van der Waals surface area (Å²) in [5.41, 5.74) is 3.31. The Hall–Kier alpha value is -4.54. The number of aromatic nitrogens is 1. The van der Waals surface area contributed by atoms with E-state index in [4.69, 9.17) is 0 Å². The van der Waals surface area contributed by atoms with Gasteiger partial charge in [-0.25, -0.2) is 17.9 Å². The van der Waals surface area contributed by atoms with Crippen LogP contribution in [0.5, 0.6) is 0 Å². The van der Waals surface area contributed by atoms with Gasteiger partial charge in [0.25, 0.3) is 15.9 Å². The van der Waals surface area contributed by atoms with Gasteiger partial charge in [0.05, 0.1) is 17.5 Å². The molecule has 1 aromatic heterocycles. The first-order valence-electron chi connectivity index (χ1n) is 12.5.